The summed E-state index contributed by atoms with van der Waals surface area (Å²) in [6, 6.07) is 8.41. The van der Waals surface area contributed by atoms with Gasteiger partial charge in [0.2, 0.25) is 0 Å². The van der Waals surface area contributed by atoms with Crippen LogP contribution in [0, 0.1) is 0 Å². The fraction of sp³-hybridized carbons (Fsp3) is 0.294. The average Bonchev–Trinajstić information content (AvgIpc) is 3.00. The van der Waals surface area contributed by atoms with Crippen molar-refractivity contribution >= 4 is 18.2 Å². The molecule has 0 radical (unpaired) electrons. The molecular formula is C17H21N5O. The highest BCUT2D eigenvalue weighted by Crippen LogP contribution is 2.15. The molecule has 0 spiro atoms. The van der Waals surface area contributed by atoms with Gasteiger partial charge in [-0.3, -0.25) is 4.79 Å². The lowest BCUT2D eigenvalue weighted by molar-refractivity contribution is -0.121. The van der Waals surface area contributed by atoms with Gasteiger partial charge in [0.1, 0.15) is 19.2 Å². The van der Waals surface area contributed by atoms with Crippen LogP contribution in [-0.2, 0) is 11.3 Å². The number of nitrogens with zero attached hydrogens (tertiary/aromatic N) is 4. The molecule has 1 N–H and O–H groups in total. The molecule has 1 amide bonds. The highest BCUT2D eigenvalue weighted by Gasteiger charge is 2.01. The number of carbonyl (C=O) groups is 1. The number of hydrazone groups is 1. The second-order valence-electron chi connectivity index (χ2n) is 5.60. The van der Waals surface area contributed by atoms with E-state index >= 15 is 0 Å². The van der Waals surface area contributed by atoms with Gasteiger partial charge in [-0.2, -0.15) is 10.2 Å². The van der Waals surface area contributed by atoms with E-state index in [1.54, 1.807) is 6.21 Å². The number of aromatic nitrogens is 3. The summed E-state index contributed by atoms with van der Waals surface area (Å²) < 4.78 is 1.43. The molecule has 6 nitrogen and oxygen atoms in total. The van der Waals surface area contributed by atoms with Gasteiger partial charge in [0.25, 0.3) is 5.91 Å². The zero-order valence-corrected chi connectivity index (χ0v) is 13.6. The van der Waals surface area contributed by atoms with Crippen LogP contribution >= 0.6 is 0 Å². The van der Waals surface area contributed by atoms with Crippen molar-refractivity contribution in [2.45, 2.75) is 33.2 Å². The van der Waals surface area contributed by atoms with E-state index in [0.29, 0.717) is 5.92 Å². The number of carbonyl (C=O) groups excluding carboxylic acids is 1. The van der Waals surface area contributed by atoms with Gasteiger partial charge in [-0.05, 0) is 29.5 Å². The lowest BCUT2D eigenvalue weighted by Crippen LogP contribution is -2.23. The molecule has 0 aliphatic rings. The van der Waals surface area contributed by atoms with Gasteiger partial charge in [-0.1, -0.05) is 44.2 Å². The molecule has 0 bridgehead atoms. The Morgan fingerprint density at radius 1 is 1.35 bits per heavy atom. The third-order valence-corrected chi connectivity index (χ3v) is 3.23. The van der Waals surface area contributed by atoms with Crippen LogP contribution in [0.2, 0.25) is 0 Å². The maximum Gasteiger partial charge on any atom is 0.261 e. The average molecular weight is 311 g/mol. The fourth-order valence-electron chi connectivity index (χ4n) is 1.98. The number of hydrogen-bond acceptors (Lipinski definition) is 4. The number of amides is 1. The summed E-state index contributed by atoms with van der Waals surface area (Å²) in [6.45, 7) is 6.37. The van der Waals surface area contributed by atoms with Crippen molar-refractivity contribution < 1.29 is 4.79 Å². The van der Waals surface area contributed by atoms with Crippen LogP contribution in [0.1, 0.15) is 37.8 Å². The molecule has 0 fully saturated rings. The van der Waals surface area contributed by atoms with Crippen molar-refractivity contribution in [3.05, 3.63) is 53.6 Å². The Balaban J connectivity index is 1.87. The number of hydrogen-bond donors (Lipinski definition) is 1. The largest absolute Gasteiger partial charge is 0.271 e. The molecule has 1 aromatic heterocycles. The third kappa shape index (κ3) is 5.50. The van der Waals surface area contributed by atoms with E-state index in [0.717, 1.165) is 11.1 Å². The summed E-state index contributed by atoms with van der Waals surface area (Å²) in [7, 11) is 0. The van der Waals surface area contributed by atoms with Crippen molar-refractivity contribution in [1.82, 2.24) is 20.2 Å². The normalized spacial score (nSPS) is 12.1. The first kappa shape index (κ1) is 16.6. The Morgan fingerprint density at radius 2 is 2.09 bits per heavy atom. The van der Waals surface area contributed by atoms with Gasteiger partial charge >= 0.3 is 0 Å². The zero-order chi connectivity index (χ0) is 16.7. The highest BCUT2D eigenvalue weighted by atomic mass is 16.2. The minimum absolute atomic E-state index is 0.0940. The van der Waals surface area contributed by atoms with Crippen molar-refractivity contribution in [3.63, 3.8) is 0 Å². The van der Waals surface area contributed by atoms with Crippen LogP contribution < -0.4 is 5.43 Å². The first-order chi connectivity index (χ1) is 11.0. The minimum atomic E-state index is -0.249. The molecule has 2 rings (SSSR count). The summed E-state index contributed by atoms with van der Waals surface area (Å²) in [5, 5.41) is 7.80. The summed E-state index contributed by atoms with van der Waals surface area (Å²) >= 11 is 0. The predicted molar refractivity (Wildman–Crippen MR) is 90.8 cm³/mol. The third-order valence-electron chi connectivity index (χ3n) is 3.23. The van der Waals surface area contributed by atoms with Crippen LogP contribution in [-0.4, -0.2) is 26.9 Å². The molecular weight excluding hydrogens is 290 g/mol. The van der Waals surface area contributed by atoms with Gasteiger partial charge in [0.15, 0.2) is 0 Å². The minimum Gasteiger partial charge on any atom is -0.271 e. The molecule has 2 aromatic rings. The molecule has 120 valence electrons. The van der Waals surface area contributed by atoms with E-state index in [-0.39, 0.29) is 12.5 Å². The van der Waals surface area contributed by atoms with E-state index in [9.17, 15) is 4.79 Å². The second kappa shape index (κ2) is 8.03. The summed E-state index contributed by atoms with van der Waals surface area (Å²) in [4.78, 5) is 15.4. The molecule has 0 aliphatic carbocycles. The van der Waals surface area contributed by atoms with Crippen LogP contribution in [0.4, 0.5) is 0 Å². The fourth-order valence-corrected chi connectivity index (χ4v) is 1.98. The van der Waals surface area contributed by atoms with Crippen LogP contribution in [0.25, 0.3) is 6.08 Å². The van der Waals surface area contributed by atoms with Gasteiger partial charge < -0.3 is 0 Å². The van der Waals surface area contributed by atoms with E-state index in [1.807, 2.05) is 13.0 Å². The molecule has 1 heterocycles. The van der Waals surface area contributed by atoms with Crippen LogP contribution in [0.15, 0.2) is 47.6 Å². The molecule has 6 heteroatoms. The smallest absolute Gasteiger partial charge is 0.261 e. The van der Waals surface area contributed by atoms with Gasteiger partial charge in [0.05, 0.1) is 6.21 Å². The van der Waals surface area contributed by atoms with E-state index in [4.69, 9.17) is 0 Å². The van der Waals surface area contributed by atoms with Crippen LogP contribution in [0.3, 0.4) is 0 Å². The molecule has 1 aromatic carbocycles. The standard InChI is InChI=1S/C17H21N5O/c1-13(2)16-6-4-15(5-7-16)8-14(3)9-19-21-17(23)10-22-12-18-11-20-22/h4-9,11-13H,10H2,1-3H3,(H,21,23)/b14-8-,19-9-. The lowest BCUT2D eigenvalue weighted by atomic mass is 10.0. The number of benzene rings is 1. The van der Waals surface area contributed by atoms with Gasteiger partial charge in [-0.15, -0.1) is 0 Å². The Labute approximate surface area is 135 Å². The zero-order valence-electron chi connectivity index (χ0n) is 13.6. The topological polar surface area (TPSA) is 72.2 Å². The summed E-state index contributed by atoms with van der Waals surface area (Å²) in [5.41, 5.74) is 5.83. The quantitative estimate of drug-likeness (QED) is 0.658. The molecule has 23 heavy (non-hydrogen) atoms. The van der Waals surface area contributed by atoms with Gasteiger partial charge in [0, 0.05) is 0 Å². The maximum atomic E-state index is 11.6. The van der Waals surface area contributed by atoms with E-state index < -0.39 is 0 Å². The lowest BCUT2D eigenvalue weighted by Gasteiger charge is -2.05. The first-order valence-corrected chi connectivity index (χ1v) is 7.47. The number of allylic oxidation sites excluding steroid dienone is 1. The van der Waals surface area contributed by atoms with Crippen molar-refractivity contribution in [1.29, 1.82) is 0 Å². The number of nitrogens with one attached hydrogen (secondary N) is 1. The Bertz CT molecular complexity index is 684. The Kier molecular flexibility index (Phi) is 5.80. The number of rotatable bonds is 6. The second-order valence-corrected chi connectivity index (χ2v) is 5.60. The molecule has 0 atom stereocenters. The maximum absolute atomic E-state index is 11.6. The SMILES string of the molecule is CC(/C=N\NC(=O)Cn1cncn1)=C/c1ccc(C(C)C)cc1. The first-order valence-electron chi connectivity index (χ1n) is 7.47. The van der Waals surface area contributed by atoms with E-state index in [1.165, 1.54) is 22.9 Å². The monoisotopic (exact) mass is 311 g/mol. The predicted octanol–water partition coefficient (Wildman–Crippen LogP) is 2.61. The molecule has 0 saturated heterocycles. The van der Waals surface area contributed by atoms with Crippen molar-refractivity contribution in [2.24, 2.45) is 5.10 Å². The molecule has 0 unspecified atom stereocenters. The van der Waals surface area contributed by atoms with Crippen molar-refractivity contribution in [2.75, 3.05) is 0 Å². The Morgan fingerprint density at radius 3 is 2.70 bits per heavy atom. The molecule has 0 saturated carbocycles. The molecule has 0 aliphatic heterocycles. The summed E-state index contributed by atoms with van der Waals surface area (Å²) in [5.74, 6) is 0.275. The van der Waals surface area contributed by atoms with Gasteiger partial charge in [-0.25, -0.2) is 15.1 Å². The van der Waals surface area contributed by atoms with Crippen LogP contribution in [0.5, 0.6) is 0 Å². The highest BCUT2D eigenvalue weighted by molar-refractivity contribution is 5.86. The Hall–Kier alpha value is -2.76. The van der Waals surface area contributed by atoms with E-state index in [2.05, 4.69) is 58.7 Å². The summed E-state index contributed by atoms with van der Waals surface area (Å²) in [6.07, 6.45) is 6.50. The van der Waals surface area contributed by atoms with Crippen molar-refractivity contribution in [3.8, 4) is 0 Å².